The van der Waals surface area contributed by atoms with Crippen LogP contribution in [0.1, 0.15) is 28.1 Å². The summed E-state index contributed by atoms with van der Waals surface area (Å²) in [6.07, 6.45) is 3.28. The number of methoxy groups -OCH3 is 1. The molecule has 0 aliphatic carbocycles. The fourth-order valence-electron chi connectivity index (χ4n) is 4.89. The van der Waals surface area contributed by atoms with Crippen LogP contribution in [0.4, 0.5) is 0 Å². The summed E-state index contributed by atoms with van der Waals surface area (Å²) < 4.78 is 6.87. The molecule has 0 aliphatic heterocycles. The molecule has 6 heteroatoms. The summed E-state index contributed by atoms with van der Waals surface area (Å²) in [5.74, 6) is 7.71. The Morgan fingerprint density at radius 3 is 2.36 bits per heavy atom. The van der Waals surface area contributed by atoms with Crippen LogP contribution in [-0.4, -0.2) is 26.9 Å². The molecule has 1 heterocycles. The summed E-state index contributed by atoms with van der Waals surface area (Å²) in [5.41, 5.74) is 3.98. The van der Waals surface area contributed by atoms with Gasteiger partial charge in [-0.05, 0) is 108 Å². The van der Waals surface area contributed by atoms with Crippen LogP contribution < -0.4 is 10.3 Å². The molecule has 0 radical (unpaired) electrons. The smallest absolute Gasteiger partial charge is 0.266 e. The first-order valence-electron chi connectivity index (χ1n) is 13.3. The van der Waals surface area contributed by atoms with E-state index in [2.05, 4.69) is 11.8 Å². The van der Waals surface area contributed by atoms with Crippen LogP contribution in [0.15, 0.2) is 102 Å². The van der Waals surface area contributed by atoms with Crippen molar-refractivity contribution in [1.82, 2.24) is 9.55 Å². The van der Waals surface area contributed by atoms with Crippen LogP contribution in [0, 0.1) is 18.8 Å². The van der Waals surface area contributed by atoms with Crippen molar-refractivity contribution in [2.45, 2.75) is 6.92 Å². The van der Waals surface area contributed by atoms with Gasteiger partial charge >= 0.3 is 0 Å². The molecule has 2 N–H and O–H groups in total. The number of aromatic hydroxyl groups is 2. The highest BCUT2D eigenvalue weighted by Gasteiger charge is 2.13. The number of para-hydroxylation sites is 1. The maximum Gasteiger partial charge on any atom is 0.266 e. The van der Waals surface area contributed by atoms with Gasteiger partial charge in [0.15, 0.2) is 0 Å². The Kier molecular flexibility index (Phi) is 6.92. The number of ether oxygens (including phenoxy) is 1. The van der Waals surface area contributed by atoms with E-state index in [1.165, 1.54) is 18.2 Å². The molecule has 0 amide bonds. The number of rotatable bonds is 4. The van der Waals surface area contributed by atoms with Gasteiger partial charge in [0.2, 0.25) is 0 Å². The van der Waals surface area contributed by atoms with Crippen LogP contribution in [0.3, 0.4) is 0 Å². The lowest BCUT2D eigenvalue weighted by molar-refractivity contribution is 0.415. The van der Waals surface area contributed by atoms with Crippen LogP contribution in [0.2, 0.25) is 0 Å². The predicted molar refractivity (Wildman–Crippen MR) is 167 cm³/mol. The zero-order valence-corrected chi connectivity index (χ0v) is 23.0. The van der Waals surface area contributed by atoms with Crippen molar-refractivity contribution in [2.75, 3.05) is 7.11 Å². The van der Waals surface area contributed by atoms with E-state index in [0.717, 1.165) is 33.2 Å². The van der Waals surface area contributed by atoms with E-state index in [-0.39, 0.29) is 17.1 Å². The highest BCUT2D eigenvalue weighted by molar-refractivity contribution is 5.85. The van der Waals surface area contributed by atoms with Gasteiger partial charge in [-0.3, -0.25) is 9.36 Å². The Morgan fingerprint density at radius 1 is 0.810 bits per heavy atom. The third-order valence-electron chi connectivity index (χ3n) is 7.06. The first-order valence-corrected chi connectivity index (χ1v) is 13.3. The standard InChI is InChI=1S/C36H26N2O4/c1-23-19-24(7-8-25-9-11-27-22-30(42-2)15-12-26(27)20-25)10-16-33(23)38-35(18-13-28-21-29(39)14-17-34(28)40)37-32-6-4-3-5-31(32)36(38)41/h3-6,9-22,39-40H,1-2H3/b18-13+. The fraction of sp³-hybridized carbons (Fsp3) is 0.0556. The number of nitrogens with zero attached hydrogens (tertiary/aromatic N) is 2. The number of phenols is 2. The third-order valence-corrected chi connectivity index (χ3v) is 7.06. The fourth-order valence-corrected chi connectivity index (χ4v) is 4.89. The normalized spacial score (nSPS) is 11.1. The van der Waals surface area contributed by atoms with Crippen LogP contribution in [-0.2, 0) is 0 Å². The molecule has 5 aromatic carbocycles. The summed E-state index contributed by atoms with van der Waals surface area (Å²) >= 11 is 0. The number of phenolic OH excluding ortho intramolecular Hbond substituents is 2. The molecule has 0 unspecified atom stereocenters. The largest absolute Gasteiger partial charge is 0.508 e. The number of benzene rings is 5. The highest BCUT2D eigenvalue weighted by Crippen LogP contribution is 2.25. The number of hydrogen-bond acceptors (Lipinski definition) is 5. The van der Waals surface area contributed by atoms with Crippen molar-refractivity contribution in [1.29, 1.82) is 0 Å². The average Bonchev–Trinajstić information content (AvgIpc) is 3.00. The zero-order chi connectivity index (χ0) is 29.2. The van der Waals surface area contributed by atoms with Gasteiger partial charge in [0, 0.05) is 16.7 Å². The van der Waals surface area contributed by atoms with E-state index in [1.807, 2.05) is 73.7 Å². The maximum absolute atomic E-state index is 13.7. The first-order chi connectivity index (χ1) is 20.4. The second kappa shape index (κ2) is 11.0. The monoisotopic (exact) mass is 550 g/mol. The minimum absolute atomic E-state index is 0.00369. The number of fused-ring (bicyclic) bond motifs is 2. The quantitative estimate of drug-likeness (QED) is 0.186. The lowest BCUT2D eigenvalue weighted by atomic mass is 10.1. The number of aromatic nitrogens is 2. The Bertz CT molecular complexity index is 2150. The second-order valence-corrected chi connectivity index (χ2v) is 9.88. The van der Waals surface area contributed by atoms with E-state index in [4.69, 9.17) is 9.72 Å². The van der Waals surface area contributed by atoms with Gasteiger partial charge in [0.05, 0.1) is 23.7 Å². The Hall–Kier alpha value is -5.80. The van der Waals surface area contributed by atoms with Crippen molar-refractivity contribution in [3.8, 4) is 34.8 Å². The van der Waals surface area contributed by atoms with E-state index >= 15 is 0 Å². The molecule has 0 bridgehead atoms. The second-order valence-electron chi connectivity index (χ2n) is 9.88. The number of hydrogen-bond donors (Lipinski definition) is 2. The molecule has 1 aromatic heterocycles. The molecule has 0 saturated carbocycles. The molecule has 6 aromatic rings. The lowest BCUT2D eigenvalue weighted by Crippen LogP contribution is -2.23. The average molecular weight is 551 g/mol. The molecule has 0 fully saturated rings. The van der Waals surface area contributed by atoms with Crippen molar-refractivity contribution in [3.05, 3.63) is 135 Å². The summed E-state index contributed by atoms with van der Waals surface area (Å²) in [4.78, 5) is 18.5. The van der Waals surface area contributed by atoms with Gasteiger partial charge in [-0.15, -0.1) is 0 Å². The Balaban J connectivity index is 1.40. The SMILES string of the molecule is COc1ccc2cc(C#Cc3ccc(-n4c(/C=C/c5cc(O)ccc5O)nc5ccccc5c4=O)c(C)c3)ccc2c1. The lowest BCUT2D eigenvalue weighted by Gasteiger charge is -2.14. The van der Waals surface area contributed by atoms with E-state index in [1.54, 1.807) is 36.0 Å². The number of aryl methyl sites for hydroxylation is 1. The van der Waals surface area contributed by atoms with Gasteiger partial charge in [0.25, 0.3) is 5.56 Å². The predicted octanol–water partition coefficient (Wildman–Crippen LogP) is 6.84. The summed E-state index contributed by atoms with van der Waals surface area (Å²) in [6.45, 7) is 1.93. The Labute approximate surface area is 242 Å². The van der Waals surface area contributed by atoms with Crippen molar-refractivity contribution in [3.63, 3.8) is 0 Å². The highest BCUT2D eigenvalue weighted by atomic mass is 16.5. The minimum atomic E-state index is -0.213. The van der Waals surface area contributed by atoms with Gasteiger partial charge < -0.3 is 14.9 Å². The third kappa shape index (κ3) is 5.19. The first kappa shape index (κ1) is 26.4. The van der Waals surface area contributed by atoms with Crippen molar-refractivity contribution < 1.29 is 14.9 Å². The molecule has 42 heavy (non-hydrogen) atoms. The van der Waals surface area contributed by atoms with E-state index < -0.39 is 0 Å². The Morgan fingerprint density at radius 2 is 1.55 bits per heavy atom. The van der Waals surface area contributed by atoms with Gasteiger partial charge in [-0.25, -0.2) is 4.98 Å². The van der Waals surface area contributed by atoms with Gasteiger partial charge in [-0.1, -0.05) is 36.1 Å². The zero-order valence-electron chi connectivity index (χ0n) is 23.0. The van der Waals surface area contributed by atoms with Crippen LogP contribution >= 0.6 is 0 Å². The summed E-state index contributed by atoms with van der Waals surface area (Å²) in [6, 6.07) is 29.2. The van der Waals surface area contributed by atoms with Crippen molar-refractivity contribution >= 4 is 33.8 Å². The summed E-state index contributed by atoms with van der Waals surface area (Å²) in [5, 5.41) is 22.8. The molecule has 0 saturated heterocycles. The molecular weight excluding hydrogens is 524 g/mol. The van der Waals surface area contributed by atoms with Crippen LogP contribution in [0.5, 0.6) is 17.2 Å². The molecule has 0 aliphatic rings. The van der Waals surface area contributed by atoms with E-state index in [9.17, 15) is 15.0 Å². The van der Waals surface area contributed by atoms with E-state index in [0.29, 0.717) is 28.0 Å². The molecule has 6 nitrogen and oxygen atoms in total. The van der Waals surface area contributed by atoms with Gasteiger partial charge in [-0.2, -0.15) is 0 Å². The molecule has 0 spiro atoms. The molecule has 6 rings (SSSR count). The van der Waals surface area contributed by atoms with Gasteiger partial charge in [0.1, 0.15) is 23.1 Å². The van der Waals surface area contributed by atoms with Crippen molar-refractivity contribution in [2.24, 2.45) is 0 Å². The van der Waals surface area contributed by atoms with Crippen LogP contribution in [0.25, 0.3) is 39.5 Å². The topological polar surface area (TPSA) is 84.6 Å². The molecular formula is C36H26N2O4. The minimum Gasteiger partial charge on any atom is -0.508 e. The summed E-state index contributed by atoms with van der Waals surface area (Å²) in [7, 11) is 1.65. The molecule has 0 atom stereocenters. The maximum atomic E-state index is 13.7. The molecule has 204 valence electrons.